The lowest BCUT2D eigenvalue weighted by Crippen LogP contribution is -2.46. The van der Waals surface area contributed by atoms with Crippen LogP contribution in [0.3, 0.4) is 0 Å². The van der Waals surface area contributed by atoms with Gasteiger partial charge in [0.2, 0.25) is 10.0 Å². The third-order valence-corrected chi connectivity index (χ3v) is 10.0. The number of aromatic amines is 1. The highest BCUT2D eigenvalue weighted by Gasteiger charge is 2.38. The lowest BCUT2D eigenvalue weighted by atomic mass is 10.1. The Labute approximate surface area is 228 Å². The summed E-state index contributed by atoms with van der Waals surface area (Å²) in [4.78, 5) is 8.81. The van der Waals surface area contributed by atoms with Crippen molar-refractivity contribution in [2.45, 2.75) is 35.3 Å². The Morgan fingerprint density at radius 3 is 2.38 bits per heavy atom. The molecule has 39 heavy (non-hydrogen) atoms. The normalized spacial score (nSPS) is 16.3. The van der Waals surface area contributed by atoms with E-state index in [0.29, 0.717) is 30.6 Å². The van der Waals surface area contributed by atoms with Gasteiger partial charge in [0.1, 0.15) is 4.90 Å². The van der Waals surface area contributed by atoms with Crippen LogP contribution in [0.25, 0.3) is 0 Å². The molecule has 2 heterocycles. The number of rotatable bonds is 7. The predicted octanol–water partition coefficient (Wildman–Crippen LogP) is 3.51. The molecular weight excluding hydrogens is 534 g/mol. The van der Waals surface area contributed by atoms with E-state index in [4.69, 9.17) is 0 Å². The van der Waals surface area contributed by atoms with Gasteiger partial charge in [-0.05, 0) is 47.9 Å². The van der Waals surface area contributed by atoms with Crippen molar-refractivity contribution in [3.63, 3.8) is 0 Å². The number of nitriles is 1. The number of anilines is 1. The van der Waals surface area contributed by atoms with Crippen LogP contribution in [-0.2, 0) is 39.4 Å². The molecule has 0 saturated heterocycles. The van der Waals surface area contributed by atoms with E-state index in [2.05, 4.69) is 20.9 Å². The number of hydrogen-bond acceptors (Lipinski definition) is 7. The van der Waals surface area contributed by atoms with E-state index >= 15 is 0 Å². The number of H-pyrrole nitrogens is 1. The van der Waals surface area contributed by atoms with Gasteiger partial charge in [0, 0.05) is 37.3 Å². The first-order valence-electron chi connectivity index (χ1n) is 12.3. The summed E-state index contributed by atoms with van der Waals surface area (Å²) in [7, 11) is -8.12. The third-order valence-electron chi connectivity index (χ3n) is 6.78. The first-order valence-corrected chi connectivity index (χ1v) is 15.6. The maximum absolute atomic E-state index is 14.4. The number of benzene rings is 3. The quantitative estimate of drug-likeness (QED) is 0.366. The molecule has 9 nitrogen and oxygen atoms in total. The molecule has 1 aliphatic heterocycles. The molecule has 3 aromatic carbocycles. The van der Waals surface area contributed by atoms with E-state index in [9.17, 15) is 22.1 Å². The van der Waals surface area contributed by atoms with E-state index in [1.807, 2.05) is 36.4 Å². The molecule has 4 aromatic rings. The zero-order chi connectivity index (χ0) is 27.6. The summed E-state index contributed by atoms with van der Waals surface area (Å²) in [6, 6.07) is 22.1. The average molecular weight is 562 g/mol. The van der Waals surface area contributed by atoms with Crippen LogP contribution in [0.2, 0.25) is 0 Å². The second-order valence-electron chi connectivity index (χ2n) is 9.53. The van der Waals surface area contributed by atoms with Gasteiger partial charge < -0.3 is 9.88 Å². The van der Waals surface area contributed by atoms with Crippen LogP contribution in [-0.4, -0.2) is 50.0 Å². The Kier molecular flexibility index (Phi) is 7.27. The molecule has 0 bridgehead atoms. The van der Waals surface area contributed by atoms with Crippen molar-refractivity contribution in [2.24, 2.45) is 0 Å². The van der Waals surface area contributed by atoms with Crippen LogP contribution in [0.1, 0.15) is 22.4 Å². The van der Waals surface area contributed by atoms with Gasteiger partial charge in [-0.3, -0.25) is 0 Å². The first-order chi connectivity index (χ1) is 18.7. The summed E-state index contributed by atoms with van der Waals surface area (Å²) in [5.74, 6) is 0. The van der Waals surface area contributed by atoms with E-state index in [1.165, 1.54) is 28.6 Å². The number of sulfone groups is 1. The van der Waals surface area contributed by atoms with E-state index in [-0.39, 0.29) is 16.3 Å². The monoisotopic (exact) mass is 561 g/mol. The maximum Gasteiger partial charge on any atom is 0.245 e. The zero-order valence-electron chi connectivity index (χ0n) is 21.2. The molecule has 1 aromatic heterocycles. The molecule has 1 aliphatic rings. The summed E-state index contributed by atoms with van der Waals surface area (Å²) >= 11 is 0. The highest BCUT2D eigenvalue weighted by Crippen LogP contribution is 2.35. The third kappa shape index (κ3) is 5.59. The Balaban J connectivity index is 1.68. The topological polar surface area (TPSA) is 127 Å². The van der Waals surface area contributed by atoms with Crippen LogP contribution in [0.4, 0.5) is 5.69 Å². The molecule has 0 spiro atoms. The van der Waals surface area contributed by atoms with Crippen molar-refractivity contribution >= 4 is 25.5 Å². The molecule has 5 rings (SSSR count). The Hall–Kier alpha value is -3.98. The Bertz CT molecular complexity index is 1730. The molecule has 0 radical (unpaired) electrons. The standard InChI is InChI=1S/C28H27N5O4S2/c1-38(34,35)27-9-5-6-10-28(27)39(36,37)33-17-23-13-22(15-29)11-12-26(23)32(18-24-16-30-20-31-24)19-25(33)14-21-7-3-2-4-8-21/h2-13,16,20,25H,14,17-19H2,1H3,(H,30,31)/t25-/m1/s1. The minimum Gasteiger partial charge on any atom is -0.364 e. The predicted molar refractivity (Wildman–Crippen MR) is 147 cm³/mol. The molecule has 0 saturated carbocycles. The molecular formula is C28H27N5O4S2. The highest BCUT2D eigenvalue weighted by molar-refractivity contribution is 7.93. The van der Waals surface area contributed by atoms with Gasteiger partial charge >= 0.3 is 0 Å². The zero-order valence-corrected chi connectivity index (χ0v) is 22.9. The van der Waals surface area contributed by atoms with Gasteiger partial charge in [0.25, 0.3) is 0 Å². The van der Waals surface area contributed by atoms with Crippen LogP contribution in [0.5, 0.6) is 0 Å². The molecule has 1 N–H and O–H groups in total. The van der Waals surface area contributed by atoms with Gasteiger partial charge in [-0.1, -0.05) is 42.5 Å². The number of imidazole rings is 1. The van der Waals surface area contributed by atoms with Crippen LogP contribution in [0.15, 0.2) is 95.1 Å². The maximum atomic E-state index is 14.4. The van der Waals surface area contributed by atoms with Crippen molar-refractivity contribution in [1.82, 2.24) is 14.3 Å². The summed E-state index contributed by atoms with van der Waals surface area (Å²) in [5.41, 5.74) is 3.66. The van der Waals surface area contributed by atoms with Crippen LogP contribution < -0.4 is 4.90 Å². The van der Waals surface area contributed by atoms with Crippen molar-refractivity contribution in [1.29, 1.82) is 5.26 Å². The molecule has 0 unspecified atom stereocenters. The van der Waals surface area contributed by atoms with Crippen LogP contribution >= 0.6 is 0 Å². The number of sulfonamides is 1. The molecule has 1 atom stereocenters. The van der Waals surface area contributed by atoms with Crippen molar-refractivity contribution in [2.75, 3.05) is 17.7 Å². The van der Waals surface area contributed by atoms with Gasteiger partial charge in [0.05, 0.1) is 35.1 Å². The van der Waals surface area contributed by atoms with Crippen LogP contribution in [0, 0.1) is 11.3 Å². The number of hydrogen-bond donors (Lipinski definition) is 1. The fourth-order valence-electron chi connectivity index (χ4n) is 4.99. The van der Waals surface area contributed by atoms with E-state index in [1.54, 1.807) is 24.7 Å². The summed E-state index contributed by atoms with van der Waals surface area (Å²) < 4.78 is 55.3. The van der Waals surface area contributed by atoms with Gasteiger partial charge in [-0.25, -0.2) is 21.8 Å². The lowest BCUT2D eigenvalue weighted by Gasteiger charge is -2.32. The number of aromatic nitrogens is 2. The molecule has 11 heteroatoms. The molecule has 0 fully saturated rings. The number of nitrogens with zero attached hydrogens (tertiary/aromatic N) is 4. The summed E-state index contributed by atoms with van der Waals surface area (Å²) in [5, 5.41) is 9.58. The average Bonchev–Trinajstić information content (AvgIpc) is 3.38. The number of nitrogens with one attached hydrogen (secondary N) is 1. The second-order valence-corrected chi connectivity index (χ2v) is 13.4. The van der Waals surface area contributed by atoms with Crippen molar-refractivity contribution < 1.29 is 16.8 Å². The Morgan fingerprint density at radius 2 is 1.72 bits per heavy atom. The minimum absolute atomic E-state index is 0.0255. The largest absolute Gasteiger partial charge is 0.364 e. The molecule has 200 valence electrons. The fourth-order valence-corrected chi connectivity index (χ4v) is 8.18. The Morgan fingerprint density at radius 1 is 1.00 bits per heavy atom. The van der Waals surface area contributed by atoms with Crippen molar-refractivity contribution in [3.8, 4) is 6.07 Å². The van der Waals surface area contributed by atoms with E-state index < -0.39 is 25.9 Å². The first kappa shape index (κ1) is 26.6. The number of fused-ring (bicyclic) bond motifs is 1. The van der Waals surface area contributed by atoms with E-state index in [0.717, 1.165) is 23.2 Å². The highest BCUT2D eigenvalue weighted by atomic mass is 32.2. The SMILES string of the molecule is CS(=O)(=O)c1ccccc1S(=O)(=O)N1Cc2cc(C#N)ccc2N(Cc2cnc[nH]2)C[C@H]1Cc1ccccc1. The molecule has 0 amide bonds. The molecule has 0 aliphatic carbocycles. The lowest BCUT2D eigenvalue weighted by molar-refractivity contribution is 0.317. The van der Waals surface area contributed by atoms with Gasteiger partial charge in [0.15, 0.2) is 9.84 Å². The van der Waals surface area contributed by atoms with Gasteiger partial charge in [-0.2, -0.15) is 9.57 Å². The second kappa shape index (κ2) is 10.6. The smallest absolute Gasteiger partial charge is 0.245 e. The fraction of sp³-hybridized carbons (Fsp3) is 0.214. The van der Waals surface area contributed by atoms with Crippen molar-refractivity contribution in [3.05, 3.63) is 108 Å². The minimum atomic E-state index is -4.29. The summed E-state index contributed by atoms with van der Waals surface area (Å²) in [6.45, 7) is 0.743. The summed E-state index contributed by atoms with van der Waals surface area (Å²) in [6.07, 6.45) is 4.72. The van der Waals surface area contributed by atoms with Gasteiger partial charge in [-0.15, -0.1) is 0 Å².